The van der Waals surface area contributed by atoms with Gasteiger partial charge in [-0.3, -0.25) is 0 Å². The Hall–Kier alpha value is -1.41. The highest BCUT2D eigenvalue weighted by Crippen LogP contribution is 2.27. The minimum Gasteiger partial charge on any atom is -0.497 e. The smallest absolute Gasteiger partial charge is 0.118 e. The molecule has 0 fully saturated rings. The number of hydrogen-bond donors (Lipinski definition) is 1. The maximum absolute atomic E-state index is 8.68. The van der Waals surface area contributed by atoms with Crippen molar-refractivity contribution in [3.63, 3.8) is 0 Å². The molecule has 4 heteroatoms. The molecule has 1 aromatic heterocycles. The van der Waals surface area contributed by atoms with E-state index in [2.05, 4.69) is 35.4 Å². The summed E-state index contributed by atoms with van der Waals surface area (Å²) in [5, 5.41) is 10.7. The van der Waals surface area contributed by atoms with Gasteiger partial charge in [0.15, 0.2) is 0 Å². The van der Waals surface area contributed by atoms with Crippen LogP contribution in [0.1, 0.15) is 16.9 Å². The van der Waals surface area contributed by atoms with Crippen molar-refractivity contribution >= 4 is 23.1 Å². The van der Waals surface area contributed by atoms with Gasteiger partial charge in [0.1, 0.15) is 5.75 Å². The Morgan fingerprint density at radius 1 is 1.30 bits per heavy atom. The van der Waals surface area contributed by atoms with Gasteiger partial charge >= 0.3 is 0 Å². The normalized spacial score (nSPS) is 9.90. The van der Waals surface area contributed by atoms with E-state index in [0.29, 0.717) is 6.42 Å². The van der Waals surface area contributed by atoms with E-state index >= 15 is 0 Å². The topological polar surface area (TPSA) is 29.5 Å². The quantitative estimate of drug-likeness (QED) is 0.673. The summed E-state index contributed by atoms with van der Waals surface area (Å²) in [6, 6.07) is 10.2. The van der Waals surface area contributed by atoms with E-state index < -0.39 is 0 Å². The molecule has 0 aliphatic carbocycles. The molecule has 0 saturated heterocycles. The summed E-state index contributed by atoms with van der Waals surface area (Å²) >= 11 is 3.53. The highest BCUT2D eigenvalue weighted by atomic mass is 32.2. The number of methoxy groups -OCH3 is 1. The third-order valence-corrected chi connectivity index (χ3v) is 4.74. The summed E-state index contributed by atoms with van der Waals surface area (Å²) in [6.45, 7) is 0.122. The lowest BCUT2D eigenvalue weighted by Crippen LogP contribution is -1.81. The molecule has 0 bridgehead atoms. The minimum atomic E-state index is 0.122. The van der Waals surface area contributed by atoms with Crippen LogP contribution in [-0.2, 0) is 5.75 Å². The maximum atomic E-state index is 8.68. The first kappa shape index (κ1) is 15.0. The number of thioether (sulfide) groups is 1. The van der Waals surface area contributed by atoms with Crippen LogP contribution in [-0.4, -0.2) is 18.8 Å². The third-order valence-electron chi connectivity index (χ3n) is 2.56. The Labute approximate surface area is 127 Å². The zero-order chi connectivity index (χ0) is 14.2. The molecule has 0 amide bonds. The SMILES string of the molecule is COc1ccc(SCc2cc(C#CCCO)cs2)cc1. The van der Waals surface area contributed by atoms with Gasteiger partial charge in [0, 0.05) is 32.9 Å². The molecule has 2 rings (SSSR count). The third kappa shape index (κ3) is 4.61. The molecule has 1 aromatic carbocycles. The lowest BCUT2D eigenvalue weighted by atomic mass is 10.3. The first-order chi connectivity index (χ1) is 9.81. The molecule has 2 nitrogen and oxygen atoms in total. The number of benzene rings is 1. The molecule has 0 unspecified atom stereocenters. The zero-order valence-electron chi connectivity index (χ0n) is 11.3. The van der Waals surface area contributed by atoms with Gasteiger partial charge in [0.25, 0.3) is 0 Å². The standard InChI is InChI=1S/C16H16O2S2/c1-18-14-5-7-15(8-6-14)20-12-16-10-13(11-19-16)4-2-3-9-17/h5-8,10-11,17H,3,9,12H2,1H3. The van der Waals surface area contributed by atoms with Crippen molar-refractivity contribution < 1.29 is 9.84 Å². The van der Waals surface area contributed by atoms with Crippen LogP contribution in [0.4, 0.5) is 0 Å². The predicted octanol–water partition coefficient (Wildman–Crippen LogP) is 3.78. The Morgan fingerprint density at radius 2 is 2.10 bits per heavy atom. The number of rotatable bonds is 5. The number of ether oxygens (including phenoxy) is 1. The minimum absolute atomic E-state index is 0.122. The number of aliphatic hydroxyl groups is 1. The molecule has 0 atom stereocenters. The van der Waals surface area contributed by atoms with E-state index in [0.717, 1.165) is 17.1 Å². The monoisotopic (exact) mass is 304 g/mol. The largest absolute Gasteiger partial charge is 0.497 e. The van der Waals surface area contributed by atoms with Gasteiger partial charge < -0.3 is 9.84 Å². The highest BCUT2D eigenvalue weighted by Gasteiger charge is 2.00. The van der Waals surface area contributed by atoms with Crippen molar-refractivity contribution in [1.29, 1.82) is 0 Å². The number of hydrogen-bond acceptors (Lipinski definition) is 4. The average Bonchev–Trinajstić information content (AvgIpc) is 2.94. The van der Waals surface area contributed by atoms with Gasteiger partial charge in [-0.15, -0.1) is 23.1 Å². The van der Waals surface area contributed by atoms with Crippen LogP contribution >= 0.6 is 23.1 Å². The predicted molar refractivity (Wildman–Crippen MR) is 85.5 cm³/mol. The fourth-order valence-corrected chi connectivity index (χ4v) is 3.34. The van der Waals surface area contributed by atoms with Crippen molar-refractivity contribution in [1.82, 2.24) is 0 Å². The Kier molecular flexibility index (Phi) is 6.00. The molecule has 1 heterocycles. The molecular weight excluding hydrogens is 288 g/mol. The van der Waals surface area contributed by atoms with Crippen molar-refractivity contribution in [2.45, 2.75) is 17.1 Å². The van der Waals surface area contributed by atoms with Gasteiger partial charge in [-0.05, 0) is 30.3 Å². The summed E-state index contributed by atoms with van der Waals surface area (Å²) in [6.07, 6.45) is 0.534. The van der Waals surface area contributed by atoms with E-state index in [1.165, 1.54) is 9.77 Å². The molecule has 2 aromatic rings. The lowest BCUT2D eigenvalue weighted by molar-refractivity contribution is 0.305. The van der Waals surface area contributed by atoms with E-state index in [1.54, 1.807) is 30.2 Å². The van der Waals surface area contributed by atoms with Gasteiger partial charge in [-0.25, -0.2) is 0 Å². The molecule has 0 saturated carbocycles. The zero-order valence-corrected chi connectivity index (χ0v) is 12.9. The molecule has 0 spiro atoms. The van der Waals surface area contributed by atoms with Crippen LogP contribution in [0, 0.1) is 11.8 Å². The second-order valence-electron chi connectivity index (χ2n) is 4.04. The summed E-state index contributed by atoms with van der Waals surface area (Å²) < 4.78 is 5.14. The van der Waals surface area contributed by atoms with E-state index in [9.17, 15) is 0 Å². The molecule has 0 aliphatic rings. The molecule has 104 valence electrons. The number of aliphatic hydroxyl groups excluding tert-OH is 1. The summed E-state index contributed by atoms with van der Waals surface area (Å²) in [5.41, 5.74) is 1.04. The first-order valence-electron chi connectivity index (χ1n) is 6.26. The number of thiophene rings is 1. The second kappa shape index (κ2) is 8.01. The van der Waals surface area contributed by atoms with Crippen LogP contribution in [0.2, 0.25) is 0 Å². The van der Waals surface area contributed by atoms with Crippen molar-refractivity contribution in [2.24, 2.45) is 0 Å². The Balaban J connectivity index is 1.89. The molecule has 20 heavy (non-hydrogen) atoms. The summed E-state index contributed by atoms with van der Waals surface area (Å²) in [7, 11) is 1.67. The Morgan fingerprint density at radius 3 is 2.80 bits per heavy atom. The van der Waals surface area contributed by atoms with Gasteiger partial charge in [-0.1, -0.05) is 11.8 Å². The average molecular weight is 304 g/mol. The van der Waals surface area contributed by atoms with Crippen molar-refractivity contribution in [2.75, 3.05) is 13.7 Å². The van der Waals surface area contributed by atoms with Gasteiger partial charge in [0.05, 0.1) is 13.7 Å². The van der Waals surface area contributed by atoms with E-state index in [-0.39, 0.29) is 6.61 Å². The molecular formula is C16H16O2S2. The van der Waals surface area contributed by atoms with Crippen molar-refractivity contribution in [3.05, 3.63) is 46.2 Å². The highest BCUT2D eigenvalue weighted by molar-refractivity contribution is 7.98. The van der Waals surface area contributed by atoms with E-state index in [4.69, 9.17) is 9.84 Å². The van der Waals surface area contributed by atoms with Gasteiger partial charge in [0.2, 0.25) is 0 Å². The summed E-state index contributed by atoms with van der Waals surface area (Å²) in [4.78, 5) is 2.53. The Bertz CT molecular complexity index is 591. The van der Waals surface area contributed by atoms with Crippen LogP contribution in [0.5, 0.6) is 5.75 Å². The van der Waals surface area contributed by atoms with E-state index in [1.807, 2.05) is 12.1 Å². The van der Waals surface area contributed by atoms with Crippen LogP contribution in [0.3, 0.4) is 0 Å². The molecule has 1 N–H and O–H groups in total. The fourth-order valence-electron chi connectivity index (χ4n) is 1.57. The van der Waals surface area contributed by atoms with Crippen LogP contribution in [0.25, 0.3) is 0 Å². The van der Waals surface area contributed by atoms with Crippen molar-refractivity contribution in [3.8, 4) is 17.6 Å². The second-order valence-corrected chi connectivity index (χ2v) is 6.09. The first-order valence-corrected chi connectivity index (χ1v) is 8.12. The van der Waals surface area contributed by atoms with Crippen LogP contribution < -0.4 is 4.74 Å². The molecule has 0 radical (unpaired) electrons. The maximum Gasteiger partial charge on any atom is 0.118 e. The fraction of sp³-hybridized carbons (Fsp3) is 0.250. The van der Waals surface area contributed by atoms with Crippen LogP contribution in [0.15, 0.2) is 40.6 Å². The lowest BCUT2D eigenvalue weighted by Gasteiger charge is -2.02. The summed E-state index contributed by atoms with van der Waals surface area (Å²) in [5.74, 6) is 7.82. The molecule has 0 aliphatic heterocycles. The van der Waals surface area contributed by atoms with Gasteiger partial charge in [-0.2, -0.15) is 0 Å².